The van der Waals surface area contributed by atoms with E-state index in [9.17, 15) is 13.6 Å². The molecule has 3 aromatic carbocycles. The van der Waals surface area contributed by atoms with Gasteiger partial charge in [-0.3, -0.25) is 9.36 Å². The summed E-state index contributed by atoms with van der Waals surface area (Å²) in [5, 5.41) is 3.99. The van der Waals surface area contributed by atoms with Crippen molar-refractivity contribution < 1.29 is 18.3 Å². The molecular weight excluding hydrogens is 468 g/mol. The summed E-state index contributed by atoms with van der Waals surface area (Å²) in [7, 11) is 0. The van der Waals surface area contributed by atoms with Crippen LogP contribution in [0.4, 0.5) is 14.5 Å². The average Bonchev–Trinajstić information content (AvgIpc) is 3.24. The maximum Gasteiger partial charge on any atom is 0.387 e. The molecule has 0 unspecified atom stereocenters. The van der Waals surface area contributed by atoms with Crippen molar-refractivity contribution in [2.45, 2.75) is 11.8 Å². The standard InChI is InChI=1S/C24H18ClF2N3O2S/c25-17-6-8-18(9-7-17)29-22(31)15-33-24-28-14-21(16-4-2-1-3-5-16)30(24)19-10-12-20(13-11-19)32-23(26)27/h1-14,23H,15H2,(H,29,31). The fourth-order valence-electron chi connectivity index (χ4n) is 3.14. The van der Waals surface area contributed by atoms with Crippen molar-refractivity contribution >= 4 is 35.0 Å². The van der Waals surface area contributed by atoms with E-state index in [2.05, 4.69) is 15.0 Å². The number of carbonyl (C=O) groups is 1. The summed E-state index contributed by atoms with van der Waals surface area (Å²) in [4.78, 5) is 17.0. The van der Waals surface area contributed by atoms with E-state index in [1.54, 1.807) is 42.6 Å². The number of benzene rings is 3. The molecule has 0 atom stereocenters. The van der Waals surface area contributed by atoms with Crippen molar-refractivity contribution in [1.29, 1.82) is 0 Å². The number of alkyl halides is 2. The molecule has 0 saturated heterocycles. The monoisotopic (exact) mass is 485 g/mol. The van der Waals surface area contributed by atoms with Crippen LogP contribution < -0.4 is 10.1 Å². The Labute approximate surface area is 198 Å². The number of nitrogens with one attached hydrogen (secondary N) is 1. The largest absolute Gasteiger partial charge is 0.435 e. The number of aromatic nitrogens is 2. The zero-order valence-electron chi connectivity index (χ0n) is 17.1. The maximum atomic E-state index is 12.5. The van der Waals surface area contributed by atoms with Gasteiger partial charge < -0.3 is 10.1 Å². The van der Waals surface area contributed by atoms with Gasteiger partial charge in [0.15, 0.2) is 5.16 Å². The number of anilines is 1. The third-order valence-corrected chi connectivity index (χ3v) is 5.78. The topological polar surface area (TPSA) is 56.2 Å². The minimum absolute atomic E-state index is 0.0617. The Kier molecular flexibility index (Phi) is 7.26. The van der Waals surface area contributed by atoms with Gasteiger partial charge in [-0.1, -0.05) is 53.7 Å². The lowest BCUT2D eigenvalue weighted by Crippen LogP contribution is -2.14. The minimum atomic E-state index is -2.89. The van der Waals surface area contributed by atoms with Gasteiger partial charge in [0, 0.05) is 22.0 Å². The number of rotatable bonds is 8. The Bertz CT molecular complexity index is 1220. The van der Waals surface area contributed by atoms with Crippen LogP contribution in [0.25, 0.3) is 16.9 Å². The molecule has 0 saturated carbocycles. The molecule has 4 rings (SSSR count). The summed E-state index contributed by atoms with van der Waals surface area (Å²) >= 11 is 7.14. The van der Waals surface area contributed by atoms with E-state index in [4.69, 9.17) is 11.6 Å². The molecule has 1 aromatic heterocycles. The fraction of sp³-hybridized carbons (Fsp3) is 0.0833. The fourth-order valence-corrected chi connectivity index (χ4v) is 4.05. The molecule has 0 aliphatic carbocycles. The van der Waals surface area contributed by atoms with Crippen molar-refractivity contribution in [3.8, 4) is 22.7 Å². The Morgan fingerprint density at radius 3 is 2.39 bits per heavy atom. The average molecular weight is 486 g/mol. The number of ether oxygens (including phenoxy) is 1. The van der Waals surface area contributed by atoms with E-state index in [-0.39, 0.29) is 17.4 Å². The molecule has 33 heavy (non-hydrogen) atoms. The molecule has 0 aliphatic rings. The molecule has 0 spiro atoms. The zero-order chi connectivity index (χ0) is 23.2. The van der Waals surface area contributed by atoms with Crippen molar-refractivity contribution in [3.63, 3.8) is 0 Å². The first-order valence-electron chi connectivity index (χ1n) is 9.86. The van der Waals surface area contributed by atoms with Crippen molar-refractivity contribution in [2.75, 3.05) is 11.1 Å². The molecule has 1 N–H and O–H groups in total. The van der Waals surface area contributed by atoms with Crippen LogP contribution in [0.1, 0.15) is 0 Å². The lowest BCUT2D eigenvalue weighted by Gasteiger charge is -2.13. The number of hydrogen-bond acceptors (Lipinski definition) is 4. The lowest BCUT2D eigenvalue weighted by molar-refractivity contribution is -0.113. The van der Waals surface area contributed by atoms with Crippen molar-refractivity contribution in [3.05, 3.63) is 90.1 Å². The van der Waals surface area contributed by atoms with Gasteiger partial charge in [-0.25, -0.2) is 4.98 Å². The second-order valence-electron chi connectivity index (χ2n) is 6.84. The first-order valence-corrected chi connectivity index (χ1v) is 11.2. The third-order valence-electron chi connectivity index (χ3n) is 4.58. The predicted molar refractivity (Wildman–Crippen MR) is 126 cm³/mol. The molecule has 4 aromatic rings. The highest BCUT2D eigenvalue weighted by Crippen LogP contribution is 2.31. The van der Waals surface area contributed by atoms with Crippen LogP contribution in [0.3, 0.4) is 0 Å². The molecule has 5 nitrogen and oxygen atoms in total. The molecular formula is C24H18ClF2N3O2S. The summed E-state index contributed by atoms with van der Waals surface area (Å²) in [5.41, 5.74) is 3.08. The molecule has 1 heterocycles. The number of amides is 1. The molecule has 168 valence electrons. The van der Waals surface area contributed by atoms with Crippen molar-refractivity contribution in [1.82, 2.24) is 9.55 Å². The van der Waals surface area contributed by atoms with Gasteiger partial charge in [0.1, 0.15) is 5.75 Å². The number of hydrogen-bond donors (Lipinski definition) is 1. The van der Waals surface area contributed by atoms with Gasteiger partial charge in [-0.15, -0.1) is 0 Å². The second kappa shape index (κ2) is 10.5. The van der Waals surface area contributed by atoms with Gasteiger partial charge in [-0.05, 0) is 48.5 Å². The summed E-state index contributed by atoms with van der Waals surface area (Å²) in [6, 6.07) is 22.8. The van der Waals surface area contributed by atoms with E-state index in [0.717, 1.165) is 11.3 Å². The Hall–Kier alpha value is -3.36. The normalized spacial score (nSPS) is 10.9. The van der Waals surface area contributed by atoms with Crippen LogP contribution in [0.2, 0.25) is 5.02 Å². The third kappa shape index (κ3) is 5.91. The maximum absolute atomic E-state index is 12.5. The Balaban J connectivity index is 1.58. The minimum Gasteiger partial charge on any atom is -0.435 e. The highest BCUT2D eigenvalue weighted by Gasteiger charge is 2.16. The number of thioether (sulfide) groups is 1. The number of imidazole rings is 1. The molecule has 1 amide bonds. The highest BCUT2D eigenvalue weighted by atomic mass is 35.5. The van der Waals surface area contributed by atoms with E-state index in [1.165, 1.54) is 23.9 Å². The molecule has 0 bridgehead atoms. The lowest BCUT2D eigenvalue weighted by atomic mass is 10.1. The van der Waals surface area contributed by atoms with Gasteiger partial charge >= 0.3 is 6.61 Å². The van der Waals surface area contributed by atoms with E-state index >= 15 is 0 Å². The summed E-state index contributed by atoms with van der Waals surface area (Å²) in [5.74, 6) is -0.00837. The zero-order valence-corrected chi connectivity index (χ0v) is 18.7. The SMILES string of the molecule is O=C(CSc1ncc(-c2ccccc2)n1-c1ccc(OC(F)F)cc1)Nc1ccc(Cl)cc1. The summed E-state index contributed by atoms with van der Waals surface area (Å²) < 4.78 is 31.3. The van der Waals surface area contributed by atoms with E-state index in [0.29, 0.717) is 21.6 Å². The summed E-state index contributed by atoms with van der Waals surface area (Å²) in [6.45, 7) is -2.89. The molecule has 0 aliphatic heterocycles. The number of halogens is 3. The quantitative estimate of drug-likeness (QED) is 0.288. The predicted octanol–water partition coefficient (Wildman–Crippen LogP) is 6.52. The van der Waals surface area contributed by atoms with Crippen LogP contribution >= 0.6 is 23.4 Å². The highest BCUT2D eigenvalue weighted by molar-refractivity contribution is 7.99. The van der Waals surface area contributed by atoms with Gasteiger partial charge in [0.2, 0.25) is 5.91 Å². The smallest absolute Gasteiger partial charge is 0.387 e. The van der Waals surface area contributed by atoms with E-state index in [1.807, 2.05) is 34.9 Å². The second-order valence-corrected chi connectivity index (χ2v) is 8.22. The summed E-state index contributed by atoms with van der Waals surface area (Å²) in [6.07, 6.45) is 1.72. The molecule has 0 radical (unpaired) electrons. The first-order chi connectivity index (χ1) is 16.0. The van der Waals surface area contributed by atoms with Crippen LogP contribution in [0, 0.1) is 0 Å². The van der Waals surface area contributed by atoms with Crippen LogP contribution in [-0.2, 0) is 4.79 Å². The van der Waals surface area contributed by atoms with Crippen molar-refractivity contribution in [2.24, 2.45) is 0 Å². The van der Waals surface area contributed by atoms with Gasteiger partial charge in [-0.2, -0.15) is 8.78 Å². The van der Waals surface area contributed by atoms with Gasteiger partial charge in [0.25, 0.3) is 0 Å². The van der Waals surface area contributed by atoms with Crippen LogP contribution in [0.5, 0.6) is 5.75 Å². The first kappa shape index (κ1) is 22.8. The number of nitrogens with zero attached hydrogens (tertiary/aromatic N) is 2. The molecule has 9 heteroatoms. The molecule has 0 fully saturated rings. The van der Waals surface area contributed by atoms with Crippen LogP contribution in [0.15, 0.2) is 90.2 Å². The Morgan fingerprint density at radius 1 is 1.03 bits per heavy atom. The number of carbonyl (C=O) groups excluding carboxylic acids is 1. The van der Waals surface area contributed by atoms with Gasteiger partial charge in [0.05, 0.1) is 17.6 Å². The Morgan fingerprint density at radius 2 is 1.73 bits per heavy atom. The van der Waals surface area contributed by atoms with E-state index < -0.39 is 6.61 Å². The van der Waals surface area contributed by atoms with Crippen LogP contribution in [-0.4, -0.2) is 27.8 Å².